The van der Waals surface area contributed by atoms with Gasteiger partial charge in [0.05, 0.1) is 28.7 Å². The lowest BCUT2D eigenvalue weighted by Crippen LogP contribution is -2.51. The van der Waals surface area contributed by atoms with Crippen LogP contribution >= 0.6 is 12.0 Å². The lowest BCUT2D eigenvalue weighted by molar-refractivity contribution is -0.146. The molecule has 3 atom stereocenters. The highest BCUT2D eigenvalue weighted by Gasteiger charge is 2.42. The second kappa shape index (κ2) is 9.87. The number of allylic oxidation sites excluding steroid dienone is 1. The smallest absolute Gasteiger partial charge is 0.243 e. The van der Waals surface area contributed by atoms with Crippen molar-refractivity contribution in [3.63, 3.8) is 0 Å². The minimum Gasteiger partial charge on any atom is -0.348 e. The molecule has 0 aromatic heterocycles. The summed E-state index contributed by atoms with van der Waals surface area (Å²) < 4.78 is 5.20. The topological polar surface area (TPSA) is 70.7 Å². The minimum absolute atomic E-state index is 0.0636. The SMILES string of the molecule is CC1=C(c2ccc(C(C)NC(=O)C3CCCN3C(=O)C(C(C)C)C(C)(C)C)cc2)SON1. The van der Waals surface area contributed by atoms with Gasteiger partial charge in [0.2, 0.25) is 11.8 Å². The summed E-state index contributed by atoms with van der Waals surface area (Å²) in [5.41, 5.74) is 5.81. The molecule has 1 saturated heterocycles. The number of carbonyl (C=O) groups excluding carboxylic acids is 2. The van der Waals surface area contributed by atoms with Gasteiger partial charge in [-0.1, -0.05) is 58.9 Å². The molecular weight excluding hydrogens is 422 g/mol. The number of benzene rings is 1. The monoisotopic (exact) mass is 459 g/mol. The molecule has 2 amide bonds. The van der Waals surface area contributed by atoms with Crippen LogP contribution in [0.3, 0.4) is 0 Å². The second-order valence-corrected chi connectivity index (χ2v) is 11.1. The molecule has 2 heterocycles. The number of likely N-dealkylation sites (tertiary alicyclic amines) is 1. The van der Waals surface area contributed by atoms with E-state index in [0.29, 0.717) is 6.54 Å². The third kappa shape index (κ3) is 5.31. The highest BCUT2D eigenvalue weighted by atomic mass is 32.2. The van der Waals surface area contributed by atoms with Gasteiger partial charge in [-0.25, -0.2) is 0 Å². The first-order valence-corrected chi connectivity index (χ1v) is 12.3. The van der Waals surface area contributed by atoms with Crippen LogP contribution in [0.25, 0.3) is 4.91 Å². The van der Waals surface area contributed by atoms with E-state index >= 15 is 0 Å². The molecule has 0 aliphatic carbocycles. The molecule has 7 heteroatoms. The zero-order chi connectivity index (χ0) is 23.6. The maximum Gasteiger partial charge on any atom is 0.243 e. The van der Waals surface area contributed by atoms with E-state index < -0.39 is 6.04 Å². The Balaban J connectivity index is 1.68. The number of carbonyl (C=O) groups is 2. The second-order valence-electron chi connectivity index (χ2n) is 10.4. The van der Waals surface area contributed by atoms with Crippen LogP contribution in [0.5, 0.6) is 0 Å². The Hall–Kier alpha value is -1.99. The van der Waals surface area contributed by atoms with Gasteiger partial charge in [-0.2, -0.15) is 4.28 Å². The normalized spacial score (nSPS) is 21.0. The number of rotatable bonds is 6. The number of hydroxylamine groups is 1. The first kappa shape index (κ1) is 24.6. The van der Waals surface area contributed by atoms with Crippen molar-refractivity contribution < 1.29 is 13.9 Å². The Morgan fingerprint density at radius 2 is 1.84 bits per heavy atom. The molecule has 0 radical (unpaired) electrons. The molecular formula is C25H37N3O3S. The zero-order valence-electron chi connectivity index (χ0n) is 20.3. The van der Waals surface area contributed by atoms with Crippen LogP contribution in [-0.4, -0.2) is 29.3 Å². The predicted molar refractivity (Wildman–Crippen MR) is 130 cm³/mol. The van der Waals surface area contributed by atoms with Gasteiger partial charge in [-0.05, 0) is 49.1 Å². The summed E-state index contributed by atoms with van der Waals surface area (Å²) in [4.78, 5) is 29.5. The molecule has 176 valence electrons. The Morgan fingerprint density at radius 3 is 2.38 bits per heavy atom. The number of nitrogens with zero attached hydrogens (tertiary/aromatic N) is 1. The van der Waals surface area contributed by atoms with Gasteiger partial charge in [0.15, 0.2) is 0 Å². The van der Waals surface area contributed by atoms with Crippen molar-refractivity contribution in [2.75, 3.05) is 6.54 Å². The van der Waals surface area contributed by atoms with E-state index in [0.717, 1.165) is 34.6 Å². The molecule has 2 N–H and O–H groups in total. The van der Waals surface area contributed by atoms with Gasteiger partial charge < -0.3 is 10.2 Å². The molecule has 1 aromatic carbocycles. The Morgan fingerprint density at radius 1 is 1.19 bits per heavy atom. The number of hydrogen-bond donors (Lipinski definition) is 2. The Bertz CT molecular complexity index is 873. The summed E-state index contributed by atoms with van der Waals surface area (Å²) in [5.74, 6) is 0.161. The maximum atomic E-state index is 13.4. The quantitative estimate of drug-likeness (QED) is 0.583. The summed E-state index contributed by atoms with van der Waals surface area (Å²) >= 11 is 1.32. The van der Waals surface area contributed by atoms with Gasteiger partial charge in [-0.3, -0.25) is 15.1 Å². The van der Waals surface area contributed by atoms with E-state index in [2.05, 4.69) is 45.4 Å². The lowest BCUT2D eigenvalue weighted by Gasteiger charge is -2.37. The first-order valence-electron chi connectivity index (χ1n) is 11.5. The first-order chi connectivity index (χ1) is 15.0. The molecule has 3 unspecified atom stereocenters. The fourth-order valence-corrected chi connectivity index (χ4v) is 5.60. The summed E-state index contributed by atoms with van der Waals surface area (Å²) in [6.07, 6.45) is 1.58. The summed E-state index contributed by atoms with van der Waals surface area (Å²) in [5, 5.41) is 3.14. The molecule has 2 aliphatic rings. The molecule has 0 saturated carbocycles. The van der Waals surface area contributed by atoms with Gasteiger partial charge in [-0.15, -0.1) is 0 Å². The number of amides is 2. The lowest BCUT2D eigenvalue weighted by atomic mass is 9.73. The maximum absolute atomic E-state index is 13.4. The largest absolute Gasteiger partial charge is 0.348 e. The average molecular weight is 460 g/mol. The van der Waals surface area contributed by atoms with Crippen molar-refractivity contribution in [1.29, 1.82) is 0 Å². The van der Waals surface area contributed by atoms with Crippen molar-refractivity contribution in [2.24, 2.45) is 17.3 Å². The standard InChI is InChI=1S/C25H37N3O3S/c1-15(2)21(25(5,6)7)24(30)28-14-8-9-20(28)23(29)26-16(3)18-10-12-19(13-11-18)22-17(4)27-31-32-22/h10-13,15-16,20-21,27H,8-9,14H2,1-7H3,(H,26,29). The van der Waals surface area contributed by atoms with E-state index in [4.69, 9.17) is 4.28 Å². The number of hydrogen-bond acceptors (Lipinski definition) is 5. The van der Waals surface area contributed by atoms with E-state index in [1.54, 1.807) is 0 Å². The third-order valence-electron chi connectivity index (χ3n) is 6.40. The fraction of sp³-hybridized carbons (Fsp3) is 0.600. The Kier molecular flexibility index (Phi) is 7.61. The highest BCUT2D eigenvalue weighted by molar-refractivity contribution is 8.04. The van der Waals surface area contributed by atoms with Crippen molar-refractivity contribution in [2.45, 2.75) is 73.4 Å². The van der Waals surface area contributed by atoms with Crippen LogP contribution in [0, 0.1) is 17.3 Å². The van der Waals surface area contributed by atoms with Crippen molar-refractivity contribution in [1.82, 2.24) is 15.7 Å². The van der Waals surface area contributed by atoms with E-state index in [9.17, 15) is 9.59 Å². The van der Waals surface area contributed by atoms with Crippen LogP contribution in [-0.2, 0) is 13.9 Å². The zero-order valence-corrected chi connectivity index (χ0v) is 21.1. The van der Waals surface area contributed by atoms with Gasteiger partial charge in [0, 0.05) is 12.5 Å². The summed E-state index contributed by atoms with van der Waals surface area (Å²) in [6, 6.07) is 7.62. The fourth-order valence-electron chi connectivity index (χ4n) is 4.95. The molecule has 0 spiro atoms. The van der Waals surface area contributed by atoms with E-state index in [1.807, 2.05) is 43.0 Å². The predicted octanol–water partition coefficient (Wildman–Crippen LogP) is 5.04. The van der Waals surface area contributed by atoms with Gasteiger partial charge in [0.25, 0.3) is 0 Å². The third-order valence-corrected chi connectivity index (χ3v) is 7.27. The Labute approximate surface area is 196 Å². The number of nitrogens with one attached hydrogen (secondary N) is 2. The molecule has 32 heavy (non-hydrogen) atoms. The molecule has 6 nitrogen and oxygen atoms in total. The molecule has 3 rings (SSSR count). The van der Waals surface area contributed by atoms with Crippen molar-refractivity contribution >= 4 is 28.8 Å². The van der Waals surface area contributed by atoms with E-state index in [1.165, 1.54) is 12.0 Å². The van der Waals surface area contributed by atoms with Crippen LogP contribution in [0.15, 0.2) is 30.0 Å². The van der Waals surface area contributed by atoms with Gasteiger partial charge >= 0.3 is 0 Å². The molecule has 2 aliphatic heterocycles. The van der Waals surface area contributed by atoms with Crippen LogP contribution in [0.4, 0.5) is 0 Å². The van der Waals surface area contributed by atoms with Crippen LogP contribution < -0.4 is 10.8 Å². The summed E-state index contributed by atoms with van der Waals surface area (Å²) in [6.45, 7) is 15.1. The van der Waals surface area contributed by atoms with Gasteiger partial charge in [0.1, 0.15) is 6.04 Å². The van der Waals surface area contributed by atoms with Crippen molar-refractivity contribution in [3.8, 4) is 0 Å². The average Bonchev–Trinajstić information content (AvgIpc) is 3.35. The molecule has 0 bridgehead atoms. The van der Waals surface area contributed by atoms with Crippen LogP contribution in [0.2, 0.25) is 0 Å². The molecule has 1 fully saturated rings. The van der Waals surface area contributed by atoms with Crippen molar-refractivity contribution in [3.05, 3.63) is 41.1 Å². The highest BCUT2D eigenvalue weighted by Crippen LogP contribution is 2.36. The van der Waals surface area contributed by atoms with Crippen LogP contribution in [0.1, 0.15) is 78.5 Å². The summed E-state index contributed by atoms with van der Waals surface area (Å²) in [7, 11) is 0. The molecule has 1 aromatic rings. The minimum atomic E-state index is -0.390. The van der Waals surface area contributed by atoms with E-state index in [-0.39, 0.29) is 35.1 Å².